The van der Waals surface area contributed by atoms with Gasteiger partial charge >= 0.3 is 0 Å². The Kier molecular flexibility index (Phi) is 5.18. The molecular weight excluding hydrogens is 367 g/mol. The Bertz CT molecular complexity index is 853. The van der Waals surface area contributed by atoms with Crippen molar-refractivity contribution < 1.29 is 0 Å². The molecule has 126 valence electrons. The minimum Gasteiger partial charge on any atom is -0.328 e. The minimum absolute atomic E-state index is 0. The molecule has 7 heteroatoms. The van der Waals surface area contributed by atoms with Crippen LogP contribution in [0.3, 0.4) is 0 Å². The van der Waals surface area contributed by atoms with E-state index in [-0.39, 0.29) is 12.4 Å². The second-order valence-corrected chi connectivity index (χ2v) is 6.66. The van der Waals surface area contributed by atoms with Crippen LogP contribution in [-0.2, 0) is 19.4 Å². The lowest BCUT2D eigenvalue weighted by molar-refractivity contribution is 0.625. The molecular formula is C17H17Cl3N4. The molecule has 0 atom stereocenters. The number of nitrogens with zero attached hydrogens (tertiary/aromatic N) is 4. The summed E-state index contributed by atoms with van der Waals surface area (Å²) in [4.78, 5) is 9.04. The second-order valence-electron chi connectivity index (χ2n) is 5.84. The molecule has 0 spiro atoms. The molecule has 0 saturated heterocycles. The van der Waals surface area contributed by atoms with E-state index in [9.17, 15) is 0 Å². The lowest BCUT2D eigenvalue weighted by Gasteiger charge is -2.13. The summed E-state index contributed by atoms with van der Waals surface area (Å²) >= 11 is 12.1. The number of aryl methyl sites for hydroxylation is 1. The number of aromatic nitrogens is 4. The van der Waals surface area contributed by atoms with Gasteiger partial charge < -0.3 is 9.13 Å². The molecule has 2 aromatic heterocycles. The Morgan fingerprint density at radius 1 is 1.00 bits per heavy atom. The molecule has 3 aromatic rings. The van der Waals surface area contributed by atoms with Gasteiger partial charge in [-0.3, -0.25) is 0 Å². The molecule has 4 nitrogen and oxygen atoms in total. The van der Waals surface area contributed by atoms with E-state index in [1.54, 1.807) is 12.4 Å². The molecule has 1 aromatic carbocycles. The van der Waals surface area contributed by atoms with Gasteiger partial charge in [0.15, 0.2) is 0 Å². The zero-order chi connectivity index (χ0) is 15.8. The summed E-state index contributed by atoms with van der Waals surface area (Å²) in [5.74, 6) is 0. The van der Waals surface area contributed by atoms with Gasteiger partial charge in [-0.15, -0.1) is 12.4 Å². The molecule has 24 heavy (non-hydrogen) atoms. The standard InChI is InChI=1S/C17H16Cl2N4.ClH/c18-14-6-5-13(7-15(14)19)22-8-12(20-10-22)9-23-11-21-16-3-1-2-4-17(16)23;/h5-8,10-11H,1-4,9H2;1H. The highest BCUT2D eigenvalue weighted by Gasteiger charge is 2.15. The van der Waals surface area contributed by atoms with Gasteiger partial charge in [-0.1, -0.05) is 23.2 Å². The van der Waals surface area contributed by atoms with Crippen LogP contribution >= 0.6 is 35.6 Å². The quantitative estimate of drug-likeness (QED) is 0.656. The van der Waals surface area contributed by atoms with Crippen LogP contribution in [0.4, 0.5) is 0 Å². The van der Waals surface area contributed by atoms with Crippen LogP contribution < -0.4 is 0 Å². The van der Waals surface area contributed by atoms with E-state index in [1.165, 1.54) is 24.2 Å². The van der Waals surface area contributed by atoms with Gasteiger partial charge in [-0.05, 0) is 43.9 Å². The predicted molar refractivity (Wildman–Crippen MR) is 98.8 cm³/mol. The Hall–Kier alpha value is -1.49. The fourth-order valence-electron chi connectivity index (χ4n) is 3.07. The van der Waals surface area contributed by atoms with Gasteiger partial charge in [-0.2, -0.15) is 0 Å². The molecule has 0 radical (unpaired) electrons. The number of halogens is 3. The van der Waals surface area contributed by atoms with E-state index in [1.807, 2.05) is 29.2 Å². The molecule has 4 rings (SSSR count). The van der Waals surface area contributed by atoms with Gasteiger partial charge in [0.1, 0.15) is 0 Å². The molecule has 1 aliphatic rings. The predicted octanol–water partition coefficient (Wildman–Crippen LogP) is 4.72. The molecule has 0 amide bonds. The largest absolute Gasteiger partial charge is 0.328 e. The van der Waals surface area contributed by atoms with E-state index < -0.39 is 0 Å². The molecule has 1 aliphatic carbocycles. The third-order valence-corrected chi connectivity index (χ3v) is 5.02. The average molecular weight is 384 g/mol. The number of hydrogen-bond acceptors (Lipinski definition) is 2. The van der Waals surface area contributed by atoms with Crippen molar-refractivity contribution >= 4 is 35.6 Å². The summed E-state index contributed by atoms with van der Waals surface area (Å²) in [6, 6.07) is 5.57. The monoisotopic (exact) mass is 382 g/mol. The van der Waals surface area contributed by atoms with E-state index in [4.69, 9.17) is 23.2 Å². The van der Waals surface area contributed by atoms with Crippen molar-refractivity contribution in [2.75, 3.05) is 0 Å². The maximum Gasteiger partial charge on any atom is 0.0996 e. The third-order valence-electron chi connectivity index (χ3n) is 4.28. The number of fused-ring (bicyclic) bond motifs is 1. The minimum atomic E-state index is 0. The van der Waals surface area contributed by atoms with E-state index >= 15 is 0 Å². The number of hydrogen-bond donors (Lipinski definition) is 0. The number of imidazole rings is 2. The first-order valence-electron chi connectivity index (χ1n) is 7.72. The van der Waals surface area contributed by atoms with Gasteiger partial charge in [0.25, 0.3) is 0 Å². The fourth-order valence-corrected chi connectivity index (χ4v) is 3.37. The van der Waals surface area contributed by atoms with E-state index in [2.05, 4.69) is 14.5 Å². The summed E-state index contributed by atoms with van der Waals surface area (Å²) in [5, 5.41) is 1.10. The average Bonchev–Trinajstić information content (AvgIpc) is 3.18. The Morgan fingerprint density at radius 3 is 2.67 bits per heavy atom. The lowest BCUT2D eigenvalue weighted by atomic mass is 10.0. The normalized spacial score (nSPS) is 13.4. The van der Waals surface area contributed by atoms with Crippen molar-refractivity contribution in [2.24, 2.45) is 0 Å². The zero-order valence-corrected chi connectivity index (χ0v) is 15.3. The van der Waals surface area contributed by atoms with E-state index in [0.29, 0.717) is 10.0 Å². The van der Waals surface area contributed by atoms with Crippen molar-refractivity contribution in [3.63, 3.8) is 0 Å². The maximum absolute atomic E-state index is 6.09. The topological polar surface area (TPSA) is 35.6 Å². The number of rotatable bonds is 3. The van der Waals surface area contributed by atoms with Crippen LogP contribution in [0.25, 0.3) is 5.69 Å². The number of benzene rings is 1. The first-order chi connectivity index (χ1) is 11.2. The van der Waals surface area contributed by atoms with Crippen molar-refractivity contribution in [1.29, 1.82) is 0 Å². The van der Waals surface area contributed by atoms with Crippen LogP contribution in [0, 0.1) is 0 Å². The van der Waals surface area contributed by atoms with Crippen LogP contribution in [-0.4, -0.2) is 19.1 Å². The van der Waals surface area contributed by atoms with Gasteiger partial charge in [0.2, 0.25) is 0 Å². The summed E-state index contributed by atoms with van der Waals surface area (Å²) in [5.41, 5.74) is 4.56. The molecule has 0 N–H and O–H groups in total. The van der Waals surface area contributed by atoms with Crippen molar-refractivity contribution in [1.82, 2.24) is 19.1 Å². The highest BCUT2D eigenvalue weighted by molar-refractivity contribution is 6.42. The molecule has 0 aliphatic heterocycles. The lowest BCUT2D eigenvalue weighted by Crippen LogP contribution is -2.09. The van der Waals surface area contributed by atoms with Crippen LogP contribution in [0.1, 0.15) is 29.9 Å². The maximum atomic E-state index is 6.09. The molecule has 2 heterocycles. The molecule has 0 unspecified atom stereocenters. The second kappa shape index (κ2) is 7.18. The van der Waals surface area contributed by atoms with Crippen molar-refractivity contribution in [3.8, 4) is 5.69 Å². The molecule has 0 fully saturated rings. The van der Waals surface area contributed by atoms with Gasteiger partial charge in [-0.25, -0.2) is 9.97 Å². The smallest absolute Gasteiger partial charge is 0.0996 e. The van der Waals surface area contributed by atoms with Crippen molar-refractivity contribution in [3.05, 3.63) is 64.2 Å². The first kappa shape index (κ1) is 17.3. The zero-order valence-electron chi connectivity index (χ0n) is 13.0. The fraction of sp³-hybridized carbons (Fsp3) is 0.294. The van der Waals surface area contributed by atoms with Gasteiger partial charge in [0.05, 0.1) is 40.6 Å². The highest BCUT2D eigenvalue weighted by Crippen LogP contribution is 2.25. The van der Waals surface area contributed by atoms with Crippen LogP contribution in [0.2, 0.25) is 10.0 Å². The Balaban J connectivity index is 0.00000169. The molecule has 0 saturated carbocycles. The summed E-state index contributed by atoms with van der Waals surface area (Å²) in [6.07, 6.45) is 10.5. The first-order valence-corrected chi connectivity index (χ1v) is 8.47. The SMILES string of the molecule is Cl.Clc1ccc(-n2cnc(Cn3cnc4c3CCCC4)c2)cc1Cl. The summed E-state index contributed by atoms with van der Waals surface area (Å²) < 4.78 is 4.18. The third kappa shape index (κ3) is 3.32. The molecule has 0 bridgehead atoms. The summed E-state index contributed by atoms with van der Waals surface area (Å²) in [6.45, 7) is 0.747. The highest BCUT2D eigenvalue weighted by atomic mass is 35.5. The van der Waals surface area contributed by atoms with Crippen LogP contribution in [0.15, 0.2) is 37.1 Å². The van der Waals surface area contributed by atoms with Crippen LogP contribution in [0.5, 0.6) is 0 Å². The van der Waals surface area contributed by atoms with Gasteiger partial charge in [0, 0.05) is 17.6 Å². The Labute approximate surface area is 156 Å². The van der Waals surface area contributed by atoms with Crippen molar-refractivity contribution in [2.45, 2.75) is 32.2 Å². The van der Waals surface area contributed by atoms with E-state index in [0.717, 1.165) is 30.8 Å². The summed E-state index contributed by atoms with van der Waals surface area (Å²) in [7, 11) is 0. The Morgan fingerprint density at radius 2 is 1.83 bits per heavy atom.